The fourth-order valence-electron chi connectivity index (χ4n) is 2.51. The Balaban J connectivity index is 2.10. The van der Waals surface area contributed by atoms with Crippen molar-refractivity contribution in [2.75, 3.05) is 13.1 Å². The standard InChI is InChI=1S/C14H19BrFN/c1-10-4-3-5-17(8-10)9-12-6-11(2)13(15)7-14(12)16/h6-7,10H,3-5,8-9H2,1-2H3. The first-order valence-electron chi connectivity index (χ1n) is 6.23. The average molecular weight is 300 g/mol. The van der Waals surface area contributed by atoms with E-state index in [9.17, 15) is 4.39 Å². The van der Waals surface area contributed by atoms with Gasteiger partial charge < -0.3 is 0 Å². The van der Waals surface area contributed by atoms with Gasteiger partial charge in [0.2, 0.25) is 0 Å². The van der Waals surface area contributed by atoms with Gasteiger partial charge in [0.15, 0.2) is 0 Å². The summed E-state index contributed by atoms with van der Waals surface area (Å²) in [5.41, 5.74) is 1.92. The molecule has 0 radical (unpaired) electrons. The van der Waals surface area contributed by atoms with E-state index in [1.165, 1.54) is 12.8 Å². The zero-order valence-corrected chi connectivity index (χ0v) is 12.1. The van der Waals surface area contributed by atoms with Gasteiger partial charge in [-0.3, -0.25) is 4.90 Å². The Morgan fingerprint density at radius 3 is 2.94 bits per heavy atom. The highest BCUT2D eigenvalue weighted by molar-refractivity contribution is 9.10. The van der Waals surface area contributed by atoms with E-state index in [-0.39, 0.29) is 5.82 Å². The molecule has 0 aliphatic carbocycles. The third-order valence-corrected chi connectivity index (χ3v) is 4.32. The van der Waals surface area contributed by atoms with Crippen LogP contribution in [0.3, 0.4) is 0 Å². The second-order valence-corrected chi connectivity index (χ2v) is 6.03. The minimum absolute atomic E-state index is 0.0966. The van der Waals surface area contributed by atoms with Gasteiger partial charge in [-0.1, -0.05) is 28.9 Å². The average Bonchev–Trinajstić information content (AvgIpc) is 2.26. The fourth-order valence-corrected chi connectivity index (χ4v) is 2.82. The number of nitrogens with zero attached hydrogens (tertiary/aromatic N) is 1. The van der Waals surface area contributed by atoms with Crippen LogP contribution in [0.4, 0.5) is 4.39 Å². The number of piperidine rings is 1. The van der Waals surface area contributed by atoms with Crippen molar-refractivity contribution in [3.63, 3.8) is 0 Å². The second kappa shape index (κ2) is 5.49. The van der Waals surface area contributed by atoms with E-state index in [1.54, 1.807) is 6.07 Å². The summed E-state index contributed by atoms with van der Waals surface area (Å²) in [6.07, 6.45) is 2.54. The molecule has 0 saturated carbocycles. The number of aryl methyl sites for hydroxylation is 1. The van der Waals surface area contributed by atoms with Crippen molar-refractivity contribution in [3.8, 4) is 0 Å². The van der Waals surface area contributed by atoms with Gasteiger partial charge in [0.05, 0.1) is 0 Å². The monoisotopic (exact) mass is 299 g/mol. The third-order valence-electron chi connectivity index (χ3n) is 3.46. The van der Waals surface area contributed by atoms with Crippen LogP contribution in [-0.2, 0) is 6.54 Å². The number of hydrogen-bond donors (Lipinski definition) is 0. The minimum atomic E-state index is -0.0966. The predicted molar refractivity (Wildman–Crippen MR) is 72.5 cm³/mol. The van der Waals surface area contributed by atoms with Gasteiger partial charge in [-0.2, -0.15) is 0 Å². The summed E-state index contributed by atoms with van der Waals surface area (Å²) in [5.74, 6) is 0.643. The summed E-state index contributed by atoms with van der Waals surface area (Å²) in [7, 11) is 0. The predicted octanol–water partition coefficient (Wildman–Crippen LogP) is 4.13. The molecule has 2 rings (SSSR count). The number of hydrogen-bond acceptors (Lipinski definition) is 1. The molecule has 1 aliphatic heterocycles. The summed E-state index contributed by atoms with van der Waals surface area (Å²) >= 11 is 3.36. The number of halogens is 2. The molecule has 0 spiro atoms. The molecule has 1 atom stereocenters. The van der Waals surface area contributed by atoms with Crippen LogP contribution in [0.2, 0.25) is 0 Å². The summed E-state index contributed by atoms with van der Waals surface area (Å²) < 4.78 is 14.7. The van der Waals surface area contributed by atoms with Crippen molar-refractivity contribution in [3.05, 3.63) is 33.5 Å². The van der Waals surface area contributed by atoms with E-state index in [0.717, 1.165) is 41.2 Å². The van der Waals surface area contributed by atoms with E-state index in [1.807, 2.05) is 13.0 Å². The Morgan fingerprint density at radius 2 is 2.24 bits per heavy atom. The largest absolute Gasteiger partial charge is 0.299 e. The lowest BCUT2D eigenvalue weighted by Gasteiger charge is -2.31. The first kappa shape index (κ1) is 13.0. The maximum atomic E-state index is 13.8. The van der Waals surface area contributed by atoms with Gasteiger partial charge in [-0.05, 0) is 43.9 Å². The molecule has 0 aromatic heterocycles. The lowest BCUT2D eigenvalue weighted by molar-refractivity contribution is 0.175. The SMILES string of the molecule is Cc1cc(CN2CCCC(C)C2)c(F)cc1Br. The van der Waals surface area contributed by atoms with Crippen LogP contribution in [0.15, 0.2) is 16.6 Å². The Bertz CT molecular complexity index is 405. The Labute approximate surface area is 111 Å². The van der Waals surface area contributed by atoms with Crippen molar-refractivity contribution in [1.82, 2.24) is 4.90 Å². The summed E-state index contributed by atoms with van der Waals surface area (Å²) in [6.45, 7) is 7.21. The highest BCUT2D eigenvalue weighted by atomic mass is 79.9. The molecule has 0 N–H and O–H groups in total. The molecule has 1 nitrogen and oxygen atoms in total. The van der Waals surface area contributed by atoms with Gasteiger partial charge >= 0.3 is 0 Å². The lowest BCUT2D eigenvalue weighted by atomic mass is 9.99. The molecule has 1 heterocycles. The van der Waals surface area contributed by atoms with Crippen molar-refractivity contribution in [1.29, 1.82) is 0 Å². The Kier molecular flexibility index (Phi) is 4.21. The van der Waals surface area contributed by atoms with Gasteiger partial charge in [-0.15, -0.1) is 0 Å². The maximum absolute atomic E-state index is 13.8. The van der Waals surface area contributed by atoms with Crippen LogP contribution in [0.1, 0.15) is 30.9 Å². The van der Waals surface area contributed by atoms with E-state index in [2.05, 4.69) is 27.8 Å². The van der Waals surface area contributed by atoms with Crippen LogP contribution in [0, 0.1) is 18.7 Å². The Hall–Kier alpha value is -0.410. The van der Waals surface area contributed by atoms with Crippen LogP contribution in [-0.4, -0.2) is 18.0 Å². The quantitative estimate of drug-likeness (QED) is 0.794. The molecule has 1 fully saturated rings. The molecule has 17 heavy (non-hydrogen) atoms. The van der Waals surface area contributed by atoms with E-state index < -0.39 is 0 Å². The molecule has 0 bridgehead atoms. The van der Waals surface area contributed by atoms with E-state index in [0.29, 0.717) is 0 Å². The minimum Gasteiger partial charge on any atom is -0.299 e. The van der Waals surface area contributed by atoms with Crippen molar-refractivity contribution in [2.24, 2.45) is 5.92 Å². The summed E-state index contributed by atoms with van der Waals surface area (Å²) in [6, 6.07) is 3.54. The van der Waals surface area contributed by atoms with Crippen LogP contribution < -0.4 is 0 Å². The lowest BCUT2D eigenvalue weighted by Crippen LogP contribution is -2.34. The van der Waals surface area contributed by atoms with Gasteiger partial charge in [0.25, 0.3) is 0 Å². The molecular weight excluding hydrogens is 281 g/mol. The van der Waals surface area contributed by atoms with Crippen molar-refractivity contribution < 1.29 is 4.39 Å². The highest BCUT2D eigenvalue weighted by Crippen LogP contribution is 2.23. The first-order chi connectivity index (χ1) is 8.06. The number of rotatable bonds is 2. The van der Waals surface area contributed by atoms with Gasteiger partial charge in [-0.25, -0.2) is 4.39 Å². The van der Waals surface area contributed by atoms with Gasteiger partial charge in [0.1, 0.15) is 5.82 Å². The molecule has 1 aliphatic rings. The fraction of sp³-hybridized carbons (Fsp3) is 0.571. The molecule has 3 heteroatoms. The zero-order valence-electron chi connectivity index (χ0n) is 10.5. The molecule has 1 unspecified atom stereocenters. The molecule has 0 amide bonds. The molecule has 94 valence electrons. The van der Waals surface area contributed by atoms with E-state index in [4.69, 9.17) is 0 Å². The molecule has 1 aromatic rings. The van der Waals surface area contributed by atoms with Crippen molar-refractivity contribution in [2.45, 2.75) is 33.2 Å². The van der Waals surface area contributed by atoms with Crippen LogP contribution in [0.5, 0.6) is 0 Å². The van der Waals surface area contributed by atoms with Crippen molar-refractivity contribution >= 4 is 15.9 Å². The molecular formula is C14H19BrFN. The summed E-state index contributed by atoms with van der Waals surface area (Å²) in [4.78, 5) is 2.36. The summed E-state index contributed by atoms with van der Waals surface area (Å²) in [5, 5.41) is 0. The molecule has 1 saturated heterocycles. The first-order valence-corrected chi connectivity index (χ1v) is 7.02. The second-order valence-electron chi connectivity index (χ2n) is 5.18. The zero-order chi connectivity index (χ0) is 12.4. The topological polar surface area (TPSA) is 3.24 Å². The maximum Gasteiger partial charge on any atom is 0.128 e. The normalized spacial score (nSPS) is 21.8. The van der Waals surface area contributed by atoms with Crippen LogP contribution in [0.25, 0.3) is 0 Å². The highest BCUT2D eigenvalue weighted by Gasteiger charge is 2.17. The van der Waals surface area contributed by atoms with Gasteiger partial charge in [0, 0.05) is 23.1 Å². The smallest absolute Gasteiger partial charge is 0.128 e. The molecule has 1 aromatic carbocycles. The van der Waals surface area contributed by atoms with Crippen LogP contribution >= 0.6 is 15.9 Å². The number of likely N-dealkylation sites (tertiary alicyclic amines) is 1. The number of benzene rings is 1. The third kappa shape index (κ3) is 3.29. The Morgan fingerprint density at radius 1 is 1.47 bits per heavy atom. The van der Waals surface area contributed by atoms with E-state index >= 15 is 0 Å².